The van der Waals surface area contributed by atoms with Gasteiger partial charge in [-0.05, 0) is 65.1 Å². The molecule has 236 valence electrons. The highest BCUT2D eigenvalue weighted by Crippen LogP contribution is 2.43. The van der Waals surface area contributed by atoms with Gasteiger partial charge in [-0.2, -0.15) is 0 Å². The van der Waals surface area contributed by atoms with Crippen molar-refractivity contribution in [1.29, 1.82) is 0 Å². The molecule has 0 atom stereocenters. The van der Waals surface area contributed by atoms with Gasteiger partial charge in [0, 0.05) is 56.0 Å². The second-order valence-electron chi connectivity index (χ2n) is 11.5. The van der Waals surface area contributed by atoms with Crippen molar-refractivity contribution in [1.82, 2.24) is 20.7 Å². The maximum atomic E-state index is 12.9. The number of piperidine rings is 1. The number of hydrogen-bond acceptors (Lipinski definition) is 11. The van der Waals surface area contributed by atoms with E-state index >= 15 is 0 Å². The van der Waals surface area contributed by atoms with Crippen LogP contribution in [0.2, 0.25) is 0 Å². The lowest BCUT2D eigenvalue weighted by molar-refractivity contribution is -0.384. The molecular weight excluding hydrogens is 574 g/mol. The van der Waals surface area contributed by atoms with Crippen LogP contribution < -0.4 is 15.4 Å². The number of alkyl carbamates (subject to hydrolysis) is 1. The van der Waals surface area contributed by atoms with Crippen LogP contribution in [0.3, 0.4) is 0 Å². The predicted octanol–water partition coefficient (Wildman–Crippen LogP) is 4.95. The van der Waals surface area contributed by atoms with E-state index in [-0.39, 0.29) is 51.7 Å². The summed E-state index contributed by atoms with van der Waals surface area (Å²) in [5.41, 5.74) is -0.596. The number of carbonyl (C=O) groups excluding carboxylic acids is 2. The Bertz CT molecular complexity index is 1460. The molecule has 4 N–H and O–H groups in total. The summed E-state index contributed by atoms with van der Waals surface area (Å²) in [5, 5.41) is 41.1. The van der Waals surface area contributed by atoms with Gasteiger partial charge in [0.25, 0.3) is 11.6 Å². The van der Waals surface area contributed by atoms with Crippen molar-refractivity contribution in [2.45, 2.75) is 58.1 Å². The Morgan fingerprint density at radius 2 is 1.82 bits per heavy atom. The number of rotatable bonds is 11. The summed E-state index contributed by atoms with van der Waals surface area (Å²) in [5.74, 6) is -0.860. The summed E-state index contributed by atoms with van der Waals surface area (Å²) >= 11 is 0. The molecule has 1 saturated heterocycles. The molecular formula is C30H37N5O9. The summed E-state index contributed by atoms with van der Waals surface area (Å²) in [4.78, 5) is 37.4. The second-order valence-corrected chi connectivity index (χ2v) is 11.5. The number of carbonyl (C=O) groups is 2. The lowest BCUT2D eigenvalue weighted by atomic mass is 10.0. The highest BCUT2D eigenvalue weighted by Gasteiger charge is 2.25. The number of likely N-dealkylation sites (tertiary alicyclic amines) is 1. The van der Waals surface area contributed by atoms with Crippen LogP contribution in [-0.2, 0) is 4.74 Å². The van der Waals surface area contributed by atoms with Gasteiger partial charge in [0.15, 0.2) is 11.5 Å². The molecule has 1 aliphatic rings. The number of benzene rings is 2. The highest BCUT2D eigenvalue weighted by atomic mass is 16.6. The number of aromatic nitrogens is 1. The lowest BCUT2D eigenvalue weighted by Gasteiger charge is -2.32. The molecule has 14 nitrogen and oxygen atoms in total. The van der Waals surface area contributed by atoms with Crippen molar-refractivity contribution in [2.75, 3.05) is 26.2 Å². The Kier molecular flexibility index (Phi) is 10.3. The zero-order valence-electron chi connectivity index (χ0n) is 24.9. The van der Waals surface area contributed by atoms with Gasteiger partial charge >= 0.3 is 6.09 Å². The summed E-state index contributed by atoms with van der Waals surface area (Å²) < 4.78 is 16.4. The molecule has 1 fully saturated rings. The molecule has 0 saturated carbocycles. The SMILES string of the molecule is CC(C)(C)OC(=O)NCCCCN1CCC(NC(=O)c2cc(-c3c(O)cc(O)cc3Oc3ccc([N+](=O)[O-])cc3)on2)CC1. The van der Waals surface area contributed by atoms with Crippen molar-refractivity contribution in [2.24, 2.45) is 0 Å². The van der Waals surface area contributed by atoms with Crippen molar-refractivity contribution in [3.63, 3.8) is 0 Å². The number of non-ortho nitro benzene ring substituents is 1. The van der Waals surface area contributed by atoms with Crippen LogP contribution in [0.5, 0.6) is 23.0 Å². The third-order valence-corrected chi connectivity index (χ3v) is 6.82. The van der Waals surface area contributed by atoms with Crippen LogP contribution in [0, 0.1) is 10.1 Å². The highest BCUT2D eigenvalue weighted by molar-refractivity contribution is 5.93. The molecule has 4 rings (SSSR count). The van der Waals surface area contributed by atoms with E-state index < -0.39 is 22.5 Å². The number of nitrogens with one attached hydrogen (secondary N) is 2. The minimum Gasteiger partial charge on any atom is -0.508 e. The van der Waals surface area contributed by atoms with Gasteiger partial charge in [0.1, 0.15) is 34.2 Å². The van der Waals surface area contributed by atoms with Gasteiger partial charge in [-0.1, -0.05) is 5.16 Å². The molecule has 0 aliphatic carbocycles. The molecule has 0 spiro atoms. The van der Waals surface area contributed by atoms with E-state index in [4.69, 9.17) is 14.0 Å². The normalized spacial score (nSPS) is 14.2. The molecule has 44 heavy (non-hydrogen) atoms. The maximum Gasteiger partial charge on any atom is 0.407 e. The zero-order valence-corrected chi connectivity index (χ0v) is 24.9. The first-order valence-corrected chi connectivity index (χ1v) is 14.3. The van der Waals surface area contributed by atoms with Crippen LogP contribution in [-0.4, -0.2) is 75.0 Å². The number of ether oxygens (including phenoxy) is 2. The number of aromatic hydroxyl groups is 2. The molecule has 2 aromatic carbocycles. The first kappa shape index (κ1) is 32.1. The second kappa shape index (κ2) is 14.1. The third kappa shape index (κ3) is 9.07. The van der Waals surface area contributed by atoms with Crippen LogP contribution in [0.25, 0.3) is 11.3 Å². The monoisotopic (exact) mass is 611 g/mol. The number of unbranched alkanes of at least 4 members (excludes halogenated alkanes) is 1. The first-order chi connectivity index (χ1) is 20.9. The van der Waals surface area contributed by atoms with E-state index in [1.54, 1.807) is 0 Å². The number of hydrogen-bond donors (Lipinski definition) is 4. The summed E-state index contributed by atoms with van der Waals surface area (Å²) in [6, 6.07) is 8.91. The number of nitrogens with zero attached hydrogens (tertiary/aromatic N) is 3. The average molecular weight is 612 g/mol. The molecule has 3 aromatic rings. The minimum absolute atomic E-state index is 0.00699. The van der Waals surface area contributed by atoms with Crippen LogP contribution in [0.4, 0.5) is 10.5 Å². The van der Waals surface area contributed by atoms with E-state index in [0.29, 0.717) is 6.54 Å². The standard InChI is InChI=1S/C30H37N5O9/c1-30(2,3)43-29(39)31-12-4-5-13-34-14-10-19(11-15-34)32-28(38)23-18-26(44-33-23)27-24(37)16-21(36)17-25(27)42-22-8-6-20(7-9-22)35(40)41/h6-9,16-19,36-37H,4-5,10-15H2,1-3H3,(H,31,39)(H,32,38). The molecule has 2 heterocycles. The van der Waals surface area contributed by atoms with Crippen LogP contribution in [0.1, 0.15) is 56.9 Å². The molecule has 0 bridgehead atoms. The van der Waals surface area contributed by atoms with Crippen LogP contribution in [0.15, 0.2) is 47.0 Å². The number of amides is 2. The Hall–Kier alpha value is -4.85. The minimum atomic E-state index is -0.545. The Morgan fingerprint density at radius 3 is 2.48 bits per heavy atom. The quantitative estimate of drug-likeness (QED) is 0.130. The molecule has 14 heteroatoms. The van der Waals surface area contributed by atoms with Gasteiger partial charge in [0.2, 0.25) is 0 Å². The Labute approximate surface area is 254 Å². The van der Waals surface area contributed by atoms with Crippen molar-refractivity contribution >= 4 is 17.7 Å². The van der Waals surface area contributed by atoms with E-state index in [1.807, 2.05) is 20.8 Å². The molecule has 2 amide bonds. The van der Waals surface area contributed by atoms with Gasteiger partial charge in [-0.25, -0.2) is 4.79 Å². The molecule has 1 aliphatic heterocycles. The van der Waals surface area contributed by atoms with Gasteiger partial charge in [-0.15, -0.1) is 0 Å². The van der Waals surface area contributed by atoms with Crippen molar-refractivity contribution < 1.29 is 38.7 Å². The Morgan fingerprint density at radius 1 is 1.11 bits per heavy atom. The summed E-state index contributed by atoms with van der Waals surface area (Å²) in [6.07, 6.45) is 2.87. The van der Waals surface area contributed by atoms with Gasteiger partial charge in [0.05, 0.1) is 4.92 Å². The number of phenolic OH excluding ortho intramolecular Hbond substituents is 2. The summed E-state index contributed by atoms with van der Waals surface area (Å²) in [7, 11) is 0. The predicted molar refractivity (Wildman–Crippen MR) is 159 cm³/mol. The van der Waals surface area contributed by atoms with Crippen LogP contribution >= 0.6 is 0 Å². The largest absolute Gasteiger partial charge is 0.508 e. The van der Waals surface area contributed by atoms with E-state index in [2.05, 4.69) is 20.7 Å². The molecule has 0 unspecified atom stereocenters. The van der Waals surface area contributed by atoms with Crippen molar-refractivity contribution in [3.05, 3.63) is 58.3 Å². The van der Waals surface area contributed by atoms with Gasteiger partial charge < -0.3 is 39.7 Å². The van der Waals surface area contributed by atoms with E-state index in [1.165, 1.54) is 36.4 Å². The lowest BCUT2D eigenvalue weighted by Crippen LogP contribution is -2.45. The summed E-state index contributed by atoms with van der Waals surface area (Å²) in [6.45, 7) is 8.55. The number of nitro benzene ring substituents is 1. The molecule has 1 aromatic heterocycles. The van der Waals surface area contributed by atoms with E-state index in [9.17, 15) is 29.9 Å². The van der Waals surface area contributed by atoms with Gasteiger partial charge in [-0.3, -0.25) is 14.9 Å². The average Bonchev–Trinajstić information content (AvgIpc) is 3.43. The topological polar surface area (TPSA) is 190 Å². The van der Waals surface area contributed by atoms with Crippen molar-refractivity contribution in [3.8, 4) is 34.3 Å². The van der Waals surface area contributed by atoms with E-state index in [0.717, 1.165) is 51.4 Å². The fraction of sp³-hybridized carbons (Fsp3) is 0.433. The smallest absolute Gasteiger partial charge is 0.407 e. The fourth-order valence-electron chi connectivity index (χ4n) is 4.70. The number of phenols is 2. The fourth-order valence-corrected chi connectivity index (χ4v) is 4.70. The Balaban J connectivity index is 1.28. The zero-order chi connectivity index (χ0) is 31.9. The number of nitro groups is 1. The maximum absolute atomic E-state index is 12.9. The first-order valence-electron chi connectivity index (χ1n) is 14.3. The molecule has 0 radical (unpaired) electrons. The third-order valence-electron chi connectivity index (χ3n) is 6.82.